The highest BCUT2D eigenvalue weighted by Gasteiger charge is 2.08. The van der Waals surface area contributed by atoms with Gasteiger partial charge in [0.25, 0.3) is 0 Å². The number of furan rings is 1. The average molecular weight is 249 g/mol. The molecule has 1 aromatic carbocycles. The van der Waals surface area contributed by atoms with Gasteiger partial charge in [-0.25, -0.2) is 4.39 Å². The van der Waals surface area contributed by atoms with Gasteiger partial charge in [-0.05, 0) is 37.1 Å². The molecule has 0 unspecified atom stereocenters. The third kappa shape index (κ3) is 2.71. The molecule has 0 aliphatic heterocycles. The minimum absolute atomic E-state index is 0.269. The lowest BCUT2D eigenvalue weighted by molar-refractivity contribution is 0.263. The molecule has 0 amide bonds. The molecule has 0 fully saturated rings. The Hall–Kier alpha value is -1.81. The van der Waals surface area contributed by atoms with E-state index in [9.17, 15) is 4.39 Å². The summed E-state index contributed by atoms with van der Waals surface area (Å²) >= 11 is 0. The summed E-state index contributed by atoms with van der Waals surface area (Å²) in [6, 6.07) is 6.35. The van der Waals surface area contributed by atoms with Crippen LogP contribution in [0, 0.1) is 19.7 Å². The van der Waals surface area contributed by atoms with E-state index >= 15 is 0 Å². The molecule has 0 aliphatic rings. The molecule has 18 heavy (non-hydrogen) atoms. The van der Waals surface area contributed by atoms with Crippen LogP contribution >= 0.6 is 0 Å². The second-order valence-electron chi connectivity index (χ2n) is 4.22. The predicted octanol–water partition coefficient (Wildman–Crippen LogP) is 3.07. The molecule has 0 radical (unpaired) electrons. The van der Waals surface area contributed by atoms with Crippen molar-refractivity contribution >= 4 is 0 Å². The third-order valence-electron chi connectivity index (χ3n) is 2.78. The lowest BCUT2D eigenvalue weighted by atomic mass is 10.2. The van der Waals surface area contributed by atoms with Gasteiger partial charge in [-0.2, -0.15) is 0 Å². The van der Waals surface area contributed by atoms with Crippen LogP contribution in [0.25, 0.3) is 0 Å². The SMILES string of the molecule is Cc1ccc(F)cc1OCc1cc(C)c(CN)o1. The average Bonchev–Trinajstić information content (AvgIpc) is 2.71. The van der Waals surface area contributed by atoms with E-state index in [0.29, 0.717) is 18.1 Å². The minimum atomic E-state index is -0.311. The van der Waals surface area contributed by atoms with E-state index in [4.69, 9.17) is 14.9 Å². The maximum Gasteiger partial charge on any atom is 0.146 e. The fraction of sp³-hybridized carbons (Fsp3) is 0.286. The van der Waals surface area contributed by atoms with Crippen molar-refractivity contribution in [3.8, 4) is 5.75 Å². The van der Waals surface area contributed by atoms with Crippen molar-refractivity contribution in [1.29, 1.82) is 0 Å². The van der Waals surface area contributed by atoms with Crippen LogP contribution in [0.1, 0.15) is 22.6 Å². The van der Waals surface area contributed by atoms with Gasteiger partial charge in [0.05, 0.1) is 6.54 Å². The number of rotatable bonds is 4. The van der Waals surface area contributed by atoms with E-state index in [0.717, 1.165) is 16.9 Å². The van der Waals surface area contributed by atoms with Crippen molar-refractivity contribution in [2.75, 3.05) is 0 Å². The Labute approximate surface area is 105 Å². The number of ether oxygens (including phenoxy) is 1. The van der Waals surface area contributed by atoms with Crippen LogP contribution in [0.3, 0.4) is 0 Å². The molecule has 2 rings (SSSR count). The molecule has 2 aromatic rings. The Morgan fingerprint density at radius 3 is 2.67 bits per heavy atom. The Balaban J connectivity index is 2.08. The van der Waals surface area contributed by atoms with Crippen molar-refractivity contribution < 1.29 is 13.5 Å². The van der Waals surface area contributed by atoms with Crippen molar-refractivity contribution in [3.05, 3.63) is 52.7 Å². The fourth-order valence-corrected chi connectivity index (χ4v) is 1.74. The molecule has 0 spiro atoms. The molecule has 0 atom stereocenters. The quantitative estimate of drug-likeness (QED) is 0.905. The van der Waals surface area contributed by atoms with E-state index in [1.165, 1.54) is 12.1 Å². The highest BCUT2D eigenvalue weighted by molar-refractivity contribution is 5.32. The molecular weight excluding hydrogens is 233 g/mol. The lowest BCUT2D eigenvalue weighted by Gasteiger charge is -2.07. The smallest absolute Gasteiger partial charge is 0.146 e. The van der Waals surface area contributed by atoms with E-state index < -0.39 is 0 Å². The largest absolute Gasteiger partial charge is 0.485 e. The number of halogens is 1. The second-order valence-corrected chi connectivity index (χ2v) is 4.22. The van der Waals surface area contributed by atoms with Gasteiger partial charge in [0, 0.05) is 6.07 Å². The highest BCUT2D eigenvalue weighted by Crippen LogP contribution is 2.21. The van der Waals surface area contributed by atoms with Crippen LogP contribution in [-0.4, -0.2) is 0 Å². The fourth-order valence-electron chi connectivity index (χ4n) is 1.74. The summed E-state index contributed by atoms with van der Waals surface area (Å²) in [7, 11) is 0. The van der Waals surface area contributed by atoms with Gasteiger partial charge in [-0.15, -0.1) is 0 Å². The first-order valence-electron chi connectivity index (χ1n) is 5.77. The normalized spacial score (nSPS) is 10.7. The second kappa shape index (κ2) is 5.23. The first kappa shape index (κ1) is 12.6. The zero-order valence-electron chi connectivity index (χ0n) is 10.5. The summed E-state index contributed by atoms with van der Waals surface area (Å²) in [5.74, 6) is 1.66. The van der Waals surface area contributed by atoms with E-state index in [1.54, 1.807) is 6.07 Å². The monoisotopic (exact) mass is 249 g/mol. The van der Waals surface area contributed by atoms with Crippen LogP contribution in [-0.2, 0) is 13.2 Å². The molecule has 0 aliphatic carbocycles. The van der Waals surface area contributed by atoms with Crippen LogP contribution in [0.5, 0.6) is 5.75 Å². The van der Waals surface area contributed by atoms with Crippen molar-refractivity contribution in [3.63, 3.8) is 0 Å². The van der Waals surface area contributed by atoms with Crippen molar-refractivity contribution in [1.82, 2.24) is 0 Å². The molecule has 1 heterocycles. The molecule has 2 N–H and O–H groups in total. The molecular formula is C14H16FNO2. The standard InChI is InChI=1S/C14H16FNO2/c1-9-3-4-11(15)6-13(9)17-8-12-5-10(2)14(7-16)18-12/h3-6H,7-8,16H2,1-2H3. The summed E-state index contributed by atoms with van der Waals surface area (Å²) in [6.45, 7) is 4.44. The Kier molecular flexibility index (Phi) is 3.67. The summed E-state index contributed by atoms with van der Waals surface area (Å²) in [6.07, 6.45) is 0. The first-order chi connectivity index (χ1) is 8.60. The zero-order chi connectivity index (χ0) is 13.1. The maximum atomic E-state index is 13.1. The molecule has 96 valence electrons. The molecule has 4 heteroatoms. The highest BCUT2D eigenvalue weighted by atomic mass is 19.1. The molecule has 0 saturated heterocycles. The van der Waals surface area contributed by atoms with Gasteiger partial charge in [0.2, 0.25) is 0 Å². The Morgan fingerprint density at radius 1 is 1.22 bits per heavy atom. The summed E-state index contributed by atoms with van der Waals surface area (Å²) in [5.41, 5.74) is 7.43. The Bertz CT molecular complexity index is 549. The van der Waals surface area contributed by atoms with Gasteiger partial charge >= 0.3 is 0 Å². The Morgan fingerprint density at radius 2 is 2.00 bits per heavy atom. The van der Waals surface area contributed by atoms with Crippen molar-refractivity contribution in [2.24, 2.45) is 5.73 Å². The number of benzene rings is 1. The van der Waals surface area contributed by atoms with Gasteiger partial charge in [-0.1, -0.05) is 6.07 Å². The first-order valence-corrected chi connectivity index (χ1v) is 5.77. The number of hydrogen-bond acceptors (Lipinski definition) is 3. The summed E-state index contributed by atoms with van der Waals surface area (Å²) in [4.78, 5) is 0. The number of hydrogen-bond donors (Lipinski definition) is 1. The number of aryl methyl sites for hydroxylation is 2. The topological polar surface area (TPSA) is 48.4 Å². The minimum Gasteiger partial charge on any atom is -0.485 e. The zero-order valence-corrected chi connectivity index (χ0v) is 10.5. The van der Waals surface area contributed by atoms with Gasteiger partial charge in [0.15, 0.2) is 0 Å². The van der Waals surface area contributed by atoms with Gasteiger partial charge in [-0.3, -0.25) is 0 Å². The van der Waals surface area contributed by atoms with E-state index in [2.05, 4.69) is 0 Å². The lowest BCUT2D eigenvalue weighted by Crippen LogP contribution is -1.97. The van der Waals surface area contributed by atoms with E-state index in [1.807, 2.05) is 19.9 Å². The van der Waals surface area contributed by atoms with Gasteiger partial charge < -0.3 is 14.9 Å². The van der Waals surface area contributed by atoms with Crippen LogP contribution in [0.2, 0.25) is 0 Å². The summed E-state index contributed by atoms with van der Waals surface area (Å²) in [5, 5.41) is 0. The predicted molar refractivity (Wildman–Crippen MR) is 66.8 cm³/mol. The van der Waals surface area contributed by atoms with Crippen LogP contribution in [0.15, 0.2) is 28.7 Å². The summed E-state index contributed by atoms with van der Waals surface area (Å²) < 4.78 is 24.1. The van der Waals surface area contributed by atoms with E-state index in [-0.39, 0.29) is 12.4 Å². The molecule has 0 bridgehead atoms. The molecule has 3 nitrogen and oxygen atoms in total. The maximum absolute atomic E-state index is 13.1. The van der Waals surface area contributed by atoms with Crippen LogP contribution in [0.4, 0.5) is 4.39 Å². The number of nitrogens with two attached hydrogens (primary N) is 1. The third-order valence-corrected chi connectivity index (χ3v) is 2.78. The van der Waals surface area contributed by atoms with Gasteiger partial charge in [0.1, 0.15) is 29.7 Å². The molecule has 0 saturated carbocycles. The molecule has 1 aromatic heterocycles. The van der Waals surface area contributed by atoms with Crippen molar-refractivity contribution in [2.45, 2.75) is 27.0 Å². The van der Waals surface area contributed by atoms with Crippen LogP contribution < -0.4 is 10.5 Å².